The molecule has 2 aromatic rings. The summed E-state index contributed by atoms with van der Waals surface area (Å²) >= 11 is 0. The van der Waals surface area contributed by atoms with Gasteiger partial charge >= 0.3 is 5.97 Å². The number of hydrogen-bond donors (Lipinski definition) is 2. The average Bonchev–Trinajstić information content (AvgIpc) is 2.68. The minimum atomic E-state index is -0.953. The van der Waals surface area contributed by atoms with Gasteiger partial charge in [0, 0.05) is 17.7 Å². The first-order valence-corrected chi connectivity index (χ1v) is 9.01. The molecular formula is C21H24N2O5. The van der Waals surface area contributed by atoms with Gasteiger partial charge in [-0.05, 0) is 56.2 Å². The molecule has 0 aliphatic rings. The molecule has 0 fully saturated rings. The summed E-state index contributed by atoms with van der Waals surface area (Å²) in [5, 5.41) is 2.62. The molecule has 3 N–H and O–H groups in total. The summed E-state index contributed by atoms with van der Waals surface area (Å²) in [6, 6.07) is 13.6. The van der Waals surface area contributed by atoms with E-state index >= 15 is 0 Å². The Morgan fingerprint density at radius 1 is 1.07 bits per heavy atom. The van der Waals surface area contributed by atoms with Crippen LogP contribution >= 0.6 is 0 Å². The molecule has 28 heavy (non-hydrogen) atoms. The van der Waals surface area contributed by atoms with Crippen LogP contribution in [0.3, 0.4) is 0 Å². The zero-order chi connectivity index (χ0) is 20.5. The van der Waals surface area contributed by atoms with E-state index in [1.165, 1.54) is 19.1 Å². The molecule has 0 aliphatic carbocycles. The van der Waals surface area contributed by atoms with Crippen molar-refractivity contribution in [1.82, 2.24) is 0 Å². The fraction of sp³-hybridized carbons (Fsp3) is 0.286. The number of carbonyl (C=O) groups excluding carboxylic acids is 3. The molecule has 0 heterocycles. The van der Waals surface area contributed by atoms with Crippen LogP contribution in [0.5, 0.6) is 5.75 Å². The Morgan fingerprint density at radius 2 is 1.75 bits per heavy atom. The second-order valence-corrected chi connectivity index (χ2v) is 6.10. The van der Waals surface area contributed by atoms with Gasteiger partial charge in [-0.3, -0.25) is 14.4 Å². The average molecular weight is 384 g/mol. The maximum absolute atomic E-state index is 12.2. The number of aryl methyl sites for hydroxylation is 1. The number of hydrogen-bond acceptors (Lipinski definition) is 5. The Balaban J connectivity index is 1.84. The standard InChI is InChI=1S/C21H24N2O5/c1-3-27-18-7-5-4-6-15(18)10-13-19(24)28-14(2)21(26)23-17-11-8-16(9-12-17)20(22)25/h4-9,11-12,14H,3,10,13H2,1-2H3,(H2,22,25)(H,23,26)/t14-/m1/s1. The lowest BCUT2D eigenvalue weighted by atomic mass is 10.1. The van der Waals surface area contributed by atoms with Gasteiger partial charge in [-0.2, -0.15) is 0 Å². The fourth-order valence-corrected chi connectivity index (χ4v) is 2.51. The van der Waals surface area contributed by atoms with E-state index in [4.69, 9.17) is 15.2 Å². The topological polar surface area (TPSA) is 108 Å². The van der Waals surface area contributed by atoms with E-state index in [2.05, 4.69) is 5.32 Å². The minimum absolute atomic E-state index is 0.134. The normalized spacial score (nSPS) is 11.4. The number of carbonyl (C=O) groups is 3. The molecule has 0 aromatic heterocycles. The number of amides is 2. The van der Waals surface area contributed by atoms with Crippen LogP contribution in [0.15, 0.2) is 48.5 Å². The van der Waals surface area contributed by atoms with Crippen LogP contribution in [-0.2, 0) is 20.7 Å². The highest BCUT2D eigenvalue weighted by atomic mass is 16.5. The quantitative estimate of drug-likeness (QED) is 0.646. The van der Waals surface area contributed by atoms with Crippen molar-refractivity contribution in [1.29, 1.82) is 0 Å². The molecule has 2 rings (SSSR count). The lowest BCUT2D eigenvalue weighted by Gasteiger charge is -2.14. The molecule has 1 atom stereocenters. The van der Waals surface area contributed by atoms with Crippen molar-refractivity contribution in [2.45, 2.75) is 32.8 Å². The maximum Gasteiger partial charge on any atom is 0.306 e. The molecule has 7 heteroatoms. The first-order chi connectivity index (χ1) is 13.4. The number of primary amides is 1. The summed E-state index contributed by atoms with van der Waals surface area (Å²) in [6.45, 7) is 3.94. The van der Waals surface area contributed by atoms with Gasteiger partial charge in [-0.1, -0.05) is 18.2 Å². The number of rotatable bonds is 9. The predicted molar refractivity (Wildman–Crippen MR) is 105 cm³/mol. The molecule has 0 aliphatic heterocycles. The van der Waals surface area contributed by atoms with Gasteiger partial charge in [-0.25, -0.2) is 0 Å². The number of anilines is 1. The first-order valence-electron chi connectivity index (χ1n) is 9.01. The van der Waals surface area contributed by atoms with E-state index in [0.29, 0.717) is 24.3 Å². The summed E-state index contributed by atoms with van der Waals surface area (Å²) in [4.78, 5) is 35.3. The molecule has 2 aromatic carbocycles. The number of nitrogens with one attached hydrogen (secondary N) is 1. The van der Waals surface area contributed by atoms with E-state index in [9.17, 15) is 14.4 Å². The summed E-state index contributed by atoms with van der Waals surface area (Å²) < 4.78 is 10.7. The second kappa shape index (κ2) is 10.1. The van der Waals surface area contributed by atoms with Gasteiger partial charge < -0.3 is 20.5 Å². The van der Waals surface area contributed by atoms with Crippen molar-refractivity contribution in [3.8, 4) is 5.75 Å². The lowest BCUT2D eigenvalue weighted by molar-refractivity contribution is -0.153. The van der Waals surface area contributed by atoms with Gasteiger partial charge in [0.15, 0.2) is 6.10 Å². The Kier molecular flexibility index (Phi) is 7.56. The van der Waals surface area contributed by atoms with Crippen LogP contribution in [0.1, 0.15) is 36.2 Å². The van der Waals surface area contributed by atoms with E-state index in [1.807, 2.05) is 31.2 Å². The third kappa shape index (κ3) is 6.12. The smallest absolute Gasteiger partial charge is 0.306 e. The summed E-state index contributed by atoms with van der Waals surface area (Å²) in [7, 11) is 0. The number of para-hydroxylation sites is 1. The van der Waals surface area contributed by atoms with Gasteiger partial charge in [0.25, 0.3) is 5.91 Å². The zero-order valence-electron chi connectivity index (χ0n) is 15.9. The molecular weight excluding hydrogens is 360 g/mol. The SMILES string of the molecule is CCOc1ccccc1CCC(=O)O[C@H](C)C(=O)Nc1ccc(C(N)=O)cc1. The summed E-state index contributed by atoms with van der Waals surface area (Å²) in [6.07, 6.45) is -0.363. The van der Waals surface area contributed by atoms with E-state index in [0.717, 1.165) is 11.3 Å². The van der Waals surface area contributed by atoms with Crippen LogP contribution in [0.25, 0.3) is 0 Å². The minimum Gasteiger partial charge on any atom is -0.494 e. The summed E-state index contributed by atoms with van der Waals surface area (Å²) in [5.74, 6) is -0.748. The van der Waals surface area contributed by atoms with Crippen LogP contribution in [0.4, 0.5) is 5.69 Å². The Morgan fingerprint density at radius 3 is 2.39 bits per heavy atom. The first kappa shape index (κ1) is 21.0. The highest BCUT2D eigenvalue weighted by Crippen LogP contribution is 2.20. The molecule has 0 saturated carbocycles. The Labute approximate surface area is 163 Å². The van der Waals surface area contributed by atoms with Crippen molar-refractivity contribution in [3.63, 3.8) is 0 Å². The van der Waals surface area contributed by atoms with Crippen molar-refractivity contribution in [2.75, 3.05) is 11.9 Å². The highest BCUT2D eigenvalue weighted by Gasteiger charge is 2.18. The van der Waals surface area contributed by atoms with E-state index in [1.54, 1.807) is 12.1 Å². The van der Waals surface area contributed by atoms with Gasteiger partial charge in [0.05, 0.1) is 6.61 Å². The third-order valence-electron chi connectivity index (χ3n) is 3.99. The molecule has 2 amide bonds. The highest BCUT2D eigenvalue weighted by molar-refractivity contribution is 5.96. The number of esters is 1. The summed E-state index contributed by atoms with van der Waals surface area (Å²) in [5.41, 5.74) is 6.90. The van der Waals surface area contributed by atoms with Crippen molar-refractivity contribution >= 4 is 23.5 Å². The molecule has 7 nitrogen and oxygen atoms in total. The maximum atomic E-state index is 12.2. The van der Waals surface area contributed by atoms with Crippen molar-refractivity contribution in [3.05, 3.63) is 59.7 Å². The molecule has 148 valence electrons. The largest absolute Gasteiger partial charge is 0.494 e. The fourth-order valence-electron chi connectivity index (χ4n) is 2.51. The molecule has 0 spiro atoms. The van der Waals surface area contributed by atoms with E-state index < -0.39 is 23.9 Å². The zero-order valence-corrected chi connectivity index (χ0v) is 15.9. The Hall–Kier alpha value is -3.35. The monoisotopic (exact) mass is 384 g/mol. The number of ether oxygens (including phenoxy) is 2. The lowest BCUT2D eigenvalue weighted by Crippen LogP contribution is -2.30. The molecule has 0 radical (unpaired) electrons. The number of nitrogens with two attached hydrogens (primary N) is 1. The van der Waals surface area contributed by atoms with Crippen LogP contribution in [0.2, 0.25) is 0 Å². The molecule has 0 saturated heterocycles. The van der Waals surface area contributed by atoms with E-state index in [-0.39, 0.29) is 6.42 Å². The van der Waals surface area contributed by atoms with Crippen molar-refractivity contribution in [2.24, 2.45) is 5.73 Å². The predicted octanol–water partition coefficient (Wildman–Crippen LogP) is 2.69. The van der Waals surface area contributed by atoms with Crippen molar-refractivity contribution < 1.29 is 23.9 Å². The molecule has 0 unspecified atom stereocenters. The molecule has 0 bridgehead atoms. The van der Waals surface area contributed by atoms with Gasteiger partial charge in [-0.15, -0.1) is 0 Å². The van der Waals surface area contributed by atoms with Gasteiger partial charge in [0.1, 0.15) is 5.75 Å². The third-order valence-corrected chi connectivity index (χ3v) is 3.99. The van der Waals surface area contributed by atoms with Crippen LogP contribution < -0.4 is 15.8 Å². The van der Waals surface area contributed by atoms with Crippen LogP contribution in [-0.4, -0.2) is 30.5 Å². The van der Waals surface area contributed by atoms with Crippen LogP contribution in [0, 0.1) is 0 Å². The second-order valence-electron chi connectivity index (χ2n) is 6.10. The van der Waals surface area contributed by atoms with Gasteiger partial charge in [0.2, 0.25) is 5.91 Å². The Bertz CT molecular complexity index is 833. The number of benzene rings is 2.